The van der Waals surface area contributed by atoms with Crippen LogP contribution in [0.1, 0.15) is 15.9 Å². The number of halogens is 2. The Morgan fingerprint density at radius 1 is 0.857 bits per heavy atom. The van der Waals surface area contributed by atoms with Gasteiger partial charge in [0, 0.05) is 50.0 Å². The van der Waals surface area contributed by atoms with Crippen LogP contribution in [0.25, 0.3) is 0 Å². The molecule has 1 aliphatic rings. The van der Waals surface area contributed by atoms with Crippen molar-refractivity contribution in [1.29, 1.82) is 0 Å². The zero-order valence-electron chi connectivity index (χ0n) is 22.9. The summed E-state index contributed by atoms with van der Waals surface area (Å²) in [7, 11) is -2.67. The van der Waals surface area contributed by atoms with Gasteiger partial charge in [0.2, 0.25) is 0 Å². The van der Waals surface area contributed by atoms with Gasteiger partial charge in [-0.15, -0.1) is 0 Å². The fourth-order valence-corrected chi connectivity index (χ4v) is 5.98. The van der Waals surface area contributed by atoms with Gasteiger partial charge < -0.3 is 19.9 Å². The highest BCUT2D eigenvalue weighted by atomic mass is 32.2. The van der Waals surface area contributed by atoms with Gasteiger partial charge in [0.05, 0.1) is 18.5 Å². The lowest BCUT2D eigenvalue weighted by Crippen LogP contribution is -2.48. The average Bonchev–Trinajstić information content (AvgIpc) is 3.01. The Labute approximate surface area is 243 Å². The van der Waals surface area contributed by atoms with Gasteiger partial charge in [-0.25, -0.2) is 17.2 Å². The van der Waals surface area contributed by atoms with E-state index in [2.05, 4.69) is 14.9 Å². The van der Waals surface area contributed by atoms with E-state index < -0.39 is 10.0 Å². The molecular formula is C31H30F2N4O4S. The van der Waals surface area contributed by atoms with Crippen molar-refractivity contribution in [2.24, 2.45) is 0 Å². The van der Waals surface area contributed by atoms with Crippen molar-refractivity contribution in [3.05, 3.63) is 114 Å². The largest absolute Gasteiger partial charge is 0.497 e. The van der Waals surface area contributed by atoms with Crippen LogP contribution in [0.15, 0.2) is 95.9 Å². The van der Waals surface area contributed by atoms with E-state index in [4.69, 9.17) is 4.74 Å². The Morgan fingerprint density at radius 2 is 1.52 bits per heavy atom. The molecule has 218 valence electrons. The minimum absolute atomic E-state index is 0.108. The normalized spacial score (nSPS) is 13.5. The number of nitrogens with one attached hydrogen (secondary N) is 2. The van der Waals surface area contributed by atoms with Gasteiger partial charge in [-0.05, 0) is 72.3 Å². The number of sulfonamides is 1. The maximum absolute atomic E-state index is 13.7. The quantitative estimate of drug-likeness (QED) is 0.273. The van der Waals surface area contributed by atoms with Gasteiger partial charge in [-0.2, -0.15) is 0 Å². The molecular weight excluding hydrogens is 562 g/mol. The van der Waals surface area contributed by atoms with E-state index in [1.165, 1.54) is 37.4 Å². The minimum atomic E-state index is -4.15. The van der Waals surface area contributed by atoms with Crippen molar-refractivity contribution in [2.45, 2.75) is 11.4 Å². The van der Waals surface area contributed by atoms with Crippen LogP contribution in [-0.4, -0.2) is 52.5 Å². The number of hydrogen-bond donors (Lipinski definition) is 2. The summed E-state index contributed by atoms with van der Waals surface area (Å²) in [5.41, 5.74) is 2.43. The van der Waals surface area contributed by atoms with Crippen LogP contribution in [0, 0.1) is 11.6 Å². The van der Waals surface area contributed by atoms with Crippen LogP contribution in [0.4, 0.5) is 25.8 Å². The predicted octanol–water partition coefficient (Wildman–Crippen LogP) is 5.35. The molecule has 1 fully saturated rings. The molecule has 1 saturated heterocycles. The van der Waals surface area contributed by atoms with Gasteiger partial charge in [0.25, 0.3) is 15.9 Å². The van der Waals surface area contributed by atoms with Crippen molar-refractivity contribution < 1.29 is 26.7 Å². The number of nitrogens with zero attached hydrogens (tertiary/aromatic N) is 2. The van der Waals surface area contributed by atoms with Crippen LogP contribution < -0.4 is 19.7 Å². The number of benzene rings is 4. The Kier molecular flexibility index (Phi) is 8.58. The highest BCUT2D eigenvalue weighted by molar-refractivity contribution is 7.92. The molecule has 1 amide bonds. The van der Waals surface area contributed by atoms with Crippen molar-refractivity contribution in [3.8, 4) is 5.75 Å². The van der Waals surface area contributed by atoms with Gasteiger partial charge in [0.15, 0.2) is 0 Å². The van der Waals surface area contributed by atoms with E-state index in [1.54, 1.807) is 65.6 Å². The first-order valence-corrected chi connectivity index (χ1v) is 14.8. The van der Waals surface area contributed by atoms with E-state index in [-0.39, 0.29) is 40.2 Å². The van der Waals surface area contributed by atoms with Gasteiger partial charge in [0.1, 0.15) is 22.3 Å². The maximum atomic E-state index is 13.7. The second kappa shape index (κ2) is 12.5. The minimum Gasteiger partial charge on any atom is -0.497 e. The lowest BCUT2D eigenvalue weighted by Gasteiger charge is -2.36. The lowest BCUT2D eigenvalue weighted by atomic mass is 10.1. The summed E-state index contributed by atoms with van der Waals surface area (Å²) in [5.74, 6) is -0.495. The molecule has 0 radical (unpaired) electrons. The monoisotopic (exact) mass is 592 g/mol. The first-order valence-electron chi connectivity index (χ1n) is 13.3. The Morgan fingerprint density at radius 3 is 2.19 bits per heavy atom. The molecule has 8 nitrogen and oxygen atoms in total. The maximum Gasteiger partial charge on any atom is 0.263 e. The zero-order valence-corrected chi connectivity index (χ0v) is 23.7. The Hall–Kier alpha value is -4.64. The van der Waals surface area contributed by atoms with Gasteiger partial charge >= 0.3 is 0 Å². The molecule has 1 heterocycles. The van der Waals surface area contributed by atoms with Crippen LogP contribution in [-0.2, 0) is 16.6 Å². The lowest BCUT2D eigenvalue weighted by molar-refractivity contribution is 0.0746. The average molecular weight is 593 g/mol. The number of methoxy groups -OCH3 is 1. The standard InChI is InChI=1S/C31H30F2N4O4S/c1-41-28-4-2-3-26(20-28)35-42(39,40)30-19-23(7-14-29(30)34-21-22-5-8-24(32)9-6-22)31(38)37-17-15-36(16-18-37)27-12-10-25(33)11-13-27/h2-14,19-20,34-35H,15-18,21H2,1H3. The number of rotatable bonds is 9. The Balaban J connectivity index is 1.38. The molecule has 0 aromatic heterocycles. The van der Waals surface area contributed by atoms with Crippen molar-refractivity contribution >= 4 is 33.0 Å². The van der Waals surface area contributed by atoms with Crippen LogP contribution in [0.2, 0.25) is 0 Å². The van der Waals surface area contributed by atoms with E-state index in [1.807, 2.05) is 0 Å². The van der Waals surface area contributed by atoms with Crippen LogP contribution in [0.3, 0.4) is 0 Å². The molecule has 0 aliphatic carbocycles. The third-order valence-corrected chi connectivity index (χ3v) is 8.42. The van der Waals surface area contributed by atoms with Crippen molar-refractivity contribution in [3.63, 3.8) is 0 Å². The molecule has 2 N–H and O–H groups in total. The number of amides is 1. The number of carbonyl (C=O) groups is 1. The predicted molar refractivity (Wildman–Crippen MR) is 158 cm³/mol. The summed E-state index contributed by atoms with van der Waals surface area (Å²) in [4.78, 5) is 17.1. The first kappa shape index (κ1) is 28.9. The molecule has 4 aromatic rings. The topological polar surface area (TPSA) is 91.0 Å². The molecule has 5 rings (SSSR count). The molecule has 11 heteroatoms. The molecule has 42 heavy (non-hydrogen) atoms. The number of anilines is 3. The van der Waals surface area contributed by atoms with Gasteiger partial charge in [-0.3, -0.25) is 9.52 Å². The third kappa shape index (κ3) is 6.80. The molecule has 0 bridgehead atoms. The first-order chi connectivity index (χ1) is 20.2. The number of carbonyl (C=O) groups excluding carboxylic acids is 1. The third-order valence-electron chi connectivity index (χ3n) is 6.99. The highest BCUT2D eigenvalue weighted by Gasteiger charge is 2.26. The van der Waals surface area contributed by atoms with Crippen molar-refractivity contribution in [1.82, 2.24) is 4.90 Å². The Bertz CT molecular complexity index is 1660. The summed E-state index contributed by atoms with van der Waals surface area (Å²) >= 11 is 0. The summed E-state index contributed by atoms with van der Waals surface area (Å²) < 4.78 is 61.8. The number of hydrogen-bond acceptors (Lipinski definition) is 6. The summed E-state index contributed by atoms with van der Waals surface area (Å²) in [5, 5.41) is 3.11. The second-order valence-electron chi connectivity index (χ2n) is 9.78. The van der Waals surface area contributed by atoms with Gasteiger partial charge in [-0.1, -0.05) is 18.2 Å². The highest BCUT2D eigenvalue weighted by Crippen LogP contribution is 2.28. The van der Waals surface area contributed by atoms with Crippen LogP contribution in [0.5, 0.6) is 5.75 Å². The fraction of sp³-hybridized carbons (Fsp3) is 0.194. The fourth-order valence-electron chi connectivity index (χ4n) is 4.72. The SMILES string of the molecule is COc1cccc(NS(=O)(=O)c2cc(C(=O)N3CCN(c4ccc(F)cc4)CC3)ccc2NCc2ccc(F)cc2)c1. The molecule has 0 unspecified atom stereocenters. The number of ether oxygens (including phenoxy) is 1. The van der Waals surface area contributed by atoms with E-state index >= 15 is 0 Å². The van der Waals surface area contributed by atoms with Crippen LogP contribution >= 0.6 is 0 Å². The zero-order chi connectivity index (χ0) is 29.7. The molecule has 1 aliphatic heterocycles. The summed E-state index contributed by atoms with van der Waals surface area (Å²) in [6.07, 6.45) is 0. The summed E-state index contributed by atoms with van der Waals surface area (Å²) in [6.45, 7) is 2.19. The smallest absolute Gasteiger partial charge is 0.263 e. The van der Waals surface area contributed by atoms with E-state index in [0.29, 0.717) is 37.6 Å². The molecule has 4 aromatic carbocycles. The molecule has 0 spiro atoms. The van der Waals surface area contributed by atoms with E-state index in [0.717, 1.165) is 11.3 Å². The van der Waals surface area contributed by atoms with E-state index in [9.17, 15) is 22.0 Å². The van der Waals surface area contributed by atoms with Crippen molar-refractivity contribution in [2.75, 3.05) is 48.2 Å². The molecule has 0 saturated carbocycles. The second-order valence-corrected chi connectivity index (χ2v) is 11.4. The molecule has 0 atom stereocenters. The summed E-state index contributed by atoms with van der Waals surface area (Å²) in [6, 6.07) is 23.1. The number of piperazine rings is 1.